The summed E-state index contributed by atoms with van der Waals surface area (Å²) in [5.74, 6) is 1.69. The van der Waals surface area contributed by atoms with Gasteiger partial charge < -0.3 is 9.88 Å². The molecule has 1 aliphatic carbocycles. The van der Waals surface area contributed by atoms with Gasteiger partial charge in [0.05, 0.1) is 0 Å². The van der Waals surface area contributed by atoms with Crippen LogP contribution < -0.4 is 5.32 Å². The molecule has 104 valence electrons. The van der Waals surface area contributed by atoms with Crippen LogP contribution in [-0.4, -0.2) is 22.0 Å². The topological polar surface area (TPSA) is 46.9 Å². The Morgan fingerprint density at radius 3 is 2.80 bits per heavy atom. The van der Waals surface area contributed by atoms with Gasteiger partial charge >= 0.3 is 0 Å². The van der Waals surface area contributed by atoms with Crippen LogP contribution in [0.15, 0.2) is 36.7 Å². The molecule has 0 bridgehead atoms. The van der Waals surface area contributed by atoms with E-state index in [4.69, 9.17) is 11.6 Å². The average molecular weight is 290 g/mol. The minimum absolute atomic E-state index is 0.0743. The van der Waals surface area contributed by atoms with Crippen molar-refractivity contribution in [3.63, 3.8) is 0 Å². The third kappa shape index (κ3) is 3.02. The van der Waals surface area contributed by atoms with Gasteiger partial charge in [0.1, 0.15) is 5.82 Å². The van der Waals surface area contributed by atoms with E-state index in [2.05, 4.69) is 14.9 Å². The van der Waals surface area contributed by atoms with Gasteiger partial charge in [-0.05, 0) is 37.1 Å². The molecule has 20 heavy (non-hydrogen) atoms. The molecule has 5 heteroatoms. The number of halogens is 1. The van der Waals surface area contributed by atoms with E-state index in [1.807, 2.05) is 12.4 Å². The zero-order valence-corrected chi connectivity index (χ0v) is 11.8. The summed E-state index contributed by atoms with van der Waals surface area (Å²) in [6.45, 7) is 1.35. The third-order valence-corrected chi connectivity index (χ3v) is 3.69. The van der Waals surface area contributed by atoms with Gasteiger partial charge in [0, 0.05) is 42.0 Å². The molecule has 1 heterocycles. The summed E-state index contributed by atoms with van der Waals surface area (Å²) >= 11 is 5.80. The Bertz CT molecular complexity index is 602. The highest BCUT2D eigenvalue weighted by molar-refractivity contribution is 6.30. The molecule has 1 saturated carbocycles. The molecule has 1 N–H and O–H groups in total. The first-order chi connectivity index (χ1) is 9.74. The number of aromatic nitrogens is 2. The number of nitrogens with zero attached hydrogens (tertiary/aromatic N) is 2. The lowest BCUT2D eigenvalue weighted by Gasteiger charge is -2.08. The Labute approximate surface area is 122 Å². The summed E-state index contributed by atoms with van der Waals surface area (Å²) in [5, 5.41) is 3.55. The zero-order chi connectivity index (χ0) is 13.9. The number of nitrogens with one attached hydrogen (secondary N) is 1. The number of carbonyl (C=O) groups is 1. The molecule has 0 unspecified atom stereocenters. The highest BCUT2D eigenvalue weighted by Gasteiger charge is 2.27. The standard InChI is InChI=1S/C15H16ClN3O/c16-13-5-3-12(4-6-13)15(20)18-8-10-19-9-7-17-14(19)11-1-2-11/h3-7,9,11H,1-2,8,10H2,(H,18,20). The van der Waals surface area contributed by atoms with Gasteiger partial charge in [-0.2, -0.15) is 0 Å². The molecule has 2 aromatic rings. The maximum atomic E-state index is 11.9. The third-order valence-electron chi connectivity index (χ3n) is 3.43. The van der Waals surface area contributed by atoms with Crippen LogP contribution in [0.25, 0.3) is 0 Å². The Hall–Kier alpha value is -1.81. The largest absolute Gasteiger partial charge is 0.350 e. The van der Waals surface area contributed by atoms with Crippen molar-refractivity contribution in [1.82, 2.24) is 14.9 Å². The van der Waals surface area contributed by atoms with Crippen LogP contribution in [-0.2, 0) is 6.54 Å². The lowest BCUT2D eigenvalue weighted by molar-refractivity contribution is 0.0952. The van der Waals surface area contributed by atoms with Gasteiger partial charge in [0.25, 0.3) is 5.91 Å². The Kier molecular flexibility index (Phi) is 3.74. The first kappa shape index (κ1) is 13.2. The molecular formula is C15H16ClN3O. The van der Waals surface area contributed by atoms with Gasteiger partial charge in [-0.1, -0.05) is 11.6 Å². The van der Waals surface area contributed by atoms with Crippen molar-refractivity contribution in [3.05, 3.63) is 53.1 Å². The fourth-order valence-electron chi connectivity index (χ4n) is 2.20. The lowest BCUT2D eigenvalue weighted by Crippen LogP contribution is -2.27. The summed E-state index contributed by atoms with van der Waals surface area (Å²) in [6, 6.07) is 6.89. The smallest absolute Gasteiger partial charge is 0.251 e. The first-order valence-electron chi connectivity index (χ1n) is 6.79. The zero-order valence-electron chi connectivity index (χ0n) is 11.1. The maximum absolute atomic E-state index is 11.9. The Balaban J connectivity index is 1.53. The maximum Gasteiger partial charge on any atom is 0.251 e. The molecule has 1 aromatic heterocycles. The quantitative estimate of drug-likeness (QED) is 0.920. The first-order valence-corrected chi connectivity index (χ1v) is 7.16. The highest BCUT2D eigenvalue weighted by Crippen LogP contribution is 2.38. The van der Waals surface area contributed by atoms with E-state index in [0.717, 1.165) is 12.4 Å². The Morgan fingerprint density at radius 1 is 1.35 bits per heavy atom. The predicted octanol–water partition coefficient (Wildman–Crippen LogP) is 2.84. The van der Waals surface area contributed by atoms with Gasteiger partial charge in [-0.25, -0.2) is 4.98 Å². The second-order valence-electron chi connectivity index (χ2n) is 5.02. The van der Waals surface area contributed by atoms with E-state index < -0.39 is 0 Å². The van der Waals surface area contributed by atoms with E-state index in [-0.39, 0.29) is 5.91 Å². The summed E-state index contributed by atoms with van der Waals surface area (Å²) < 4.78 is 2.12. The normalized spacial score (nSPS) is 14.2. The van der Waals surface area contributed by atoms with Crippen molar-refractivity contribution in [2.45, 2.75) is 25.3 Å². The molecule has 0 spiro atoms. The highest BCUT2D eigenvalue weighted by atomic mass is 35.5. The molecule has 1 amide bonds. The van der Waals surface area contributed by atoms with E-state index in [1.165, 1.54) is 12.8 Å². The predicted molar refractivity (Wildman–Crippen MR) is 78.0 cm³/mol. The van der Waals surface area contributed by atoms with Crippen molar-refractivity contribution in [2.75, 3.05) is 6.54 Å². The average Bonchev–Trinajstić information content (AvgIpc) is 3.19. The van der Waals surface area contributed by atoms with Crippen LogP contribution in [0.2, 0.25) is 5.02 Å². The minimum atomic E-state index is -0.0743. The lowest BCUT2D eigenvalue weighted by atomic mass is 10.2. The summed E-state index contributed by atoms with van der Waals surface area (Å²) in [7, 11) is 0. The molecule has 0 atom stereocenters. The van der Waals surface area contributed by atoms with E-state index >= 15 is 0 Å². The van der Waals surface area contributed by atoms with Crippen LogP contribution >= 0.6 is 11.6 Å². The van der Waals surface area contributed by atoms with Crippen LogP contribution in [0, 0.1) is 0 Å². The van der Waals surface area contributed by atoms with Crippen LogP contribution in [0.1, 0.15) is 34.9 Å². The van der Waals surface area contributed by atoms with Gasteiger partial charge in [-0.15, -0.1) is 0 Å². The summed E-state index contributed by atoms with van der Waals surface area (Å²) in [4.78, 5) is 16.3. The monoisotopic (exact) mass is 289 g/mol. The van der Waals surface area contributed by atoms with E-state index in [1.54, 1.807) is 24.3 Å². The number of hydrogen-bond donors (Lipinski definition) is 1. The molecule has 0 radical (unpaired) electrons. The van der Waals surface area contributed by atoms with Gasteiger partial charge in [-0.3, -0.25) is 4.79 Å². The van der Waals surface area contributed by atoms with E-state index in [9.17, 15) is 4.79 Å². The second-order valence-corrected chi connectivity index (χ2v) is 5.45. The number of benzene rings is 1. The number of hydrogen-bond acceptors (Lipinski definition) is 2. The number of imidazole rings is 1. The summed E-state index contributed by atoms with van der Waals surface area (Å²) in [5.41, 5.74) is 0.627. The SMILES string of the molecule is O=C(NCCn1ccnc1C1CC1)c1ccc(Cl)cc1. The second kappa shape index (κ2) is 5.67. The van der Waals surface area contributed by atoms with Crippen molar-refractivity contribution < 1.29 is 4.79 Å². The Morgan fingerprint density at radius 2 is 2.10 bits per heavy atom. The fraction of sp³-hybridized carbons (Fsp3) is 0.333. The number of rotatable bonds is 5. The molecule has 1 fully saturated rings. The molecule has 1 aromatic carbocycles. The van der Waals surface area contributed by atoms with Crippen molar-refractivity contribution in [1.29, 1.82) is 0 Å². The summed E-state index contributed by atoms with van der Waals surface area (Å²) in [6.07, 6.45) is 6.26. The minimum Gasteiger partial charge on any atom is -0.350 e. The van der Waals surface area contributed by atoms with Gasteiger partial charge in [0.2, 0.25) is 0 Å². The van der Waals surface area contributed by atoms with Gasteiger partial charge in [0.15, 0.2) is 0 Å². The fourth-order valence-corrected chi connectivity index (χ4v) is 2.33. The van der Waals surface area contributed by atoms with E-state index in [0.29, 0.717) is 23.0 Å². The molecule has 0 aliphatic heterocycles. The molecule has 1 aliphatic rings. The number of amides is 1. The van der Waals surface area contributed by atoms with Crippen molar-refractivity contribution in [2.24, 2.45) is 0 Å². The molecule has 0 saturated heterocycles. The number of carbonyl (C=O) groups excluding carboxylic acids is 1. The van der Waals surface area contributed by atoms with Crippen LogP contribution in [0.4, 0.5) is 0 Å². The van der Waals surface area contributed by atoms with Crippen LogP contribution in [0.3, 0.4) is 0 Å². The molecule has 4 nitrogen and oxygen atoms in total. The molecular weight excluding hydrogens is 274 g/mol. The van der Waals surface area contributed by atoms with Crippen molar-refractivity contribution in [3.8, 4) is 0 Å². The van der Waals surface area contributed by atoms with Crippen molar-refractivity contribution >= 4 is 17.5 Å². The molecule has 3 rings (SSSR count). The van der Waals surface area contributed by atoms with Crippen LogP contribution in [0.5, 0.6) is 0 Å².